The molecule has 1 rings (SSSR count). The fourth-order valence-electron chi connectivity index (χ4n) is 2.14. The summed E-state index contributed by atoms with van der Waals surface area (Å²) in [6.07, 6.45) is 2.30. The van der Waals surface area contributed by atoms with Crippen LogP contribution in [0.2, 0.25) is 0 Å². The van der Waals surface area contributed by atoms with Crippen LogP contribution in [0.4, 0.5) is 0 Å². The number of benzene rings is 1. The molecule has 0 spiro atoms. The monoisotopic (exact) mass is 264 g/mol. The van der Waals surface area contributed by atoms with Crippen molar-refractivity contribution in [2.24, 2.45) is 0 Å². The van der Waals surface area contributed by atoms with Gasteiger partial charge in [-0.3, -0.25) is 0 Å². The second kappa shape index (κ2) is 8.94. The van der Waals surface area contributed by atoms with Crippen molar-refractivity contribution < 1.29 is 4.74 Å². The average molecular weight is 264 g/mol. The molecule has 0 heterocycles. The normalized spacial score (nSPS) is 11.0. The van der Waals surface area contributed by atoms with E-state index in [0.29, 0.717) is 0 Å². The Bertz CT molecular complexity index is 366. The first-order valence-electron chi connectivity index (χ1n) is 7.22. The topological polar surface area (TPSA) is 24.5 Å². The summed E-state index contributed by atoms with van der Waals surface area (Å²) in [4.78, 5) is 2.39. The van der Waals surface area contributed by atoms with Gasteiger partial charge in [-0.05, 0) is 71.1 Å². The molecule has 0 aromatic heterocycles. The molecule has 1 N–H and O–H groups in total. The van der Waals surface area contributed by atoms with E-state index in [-0.39, 0.29) is 0 Å². The van der Waals surface area contributed by atoms with Gasteiger partial charge in [-0.1, -0.05) is 12.1 Å². The molecule has 0 radical (unpaired) electrons. The molecular formula is C16H28N2O. The zero-order valence-corrected chi connectivity index (χ0v) is 12.8. The van der Waals surface area contributed by atoms with Gasteiger partial charge in [0.15, 0.2) is 0 Å². The van der Waals surface area contributed by atoms with Crippen LogP contribution in [-0.2, 0) is 6.42 Å². The summed E-state index contributed by atoms with van der Waals surface area (Å²) in [6.45, 7) is 8.22. The zero-order valence-electron chi connectivity index (χ0n) is 12.8. The molecule has 3 heteroatoms. The second-order valence-corrected chi connectivity index (χ2v) is 5.04. The average Bonchev–Trinajstić information content (AvgIpc) is 2.40. The molecule has 0 fully saturated rings. The molecule has 1 aromatic rings. The van der Waals surface area contributed by atoms with E-state index in [1.54, 1.807) is 0 Å². The number of likely N-dealkylation sites (N-methyl/N-ethyl adjacent to an activating group) is 1. The van der Waals surface area contributed by atoms with Crippen molar-refractivity contribution in [1.82, 2.24) is 10.2 Å². The first-order valence-corrected chi connectivity index (χ1v) is 7.22. The smallest absolute Gasteiger partial charge is 0.122 e. The summed E-state index contributed by atoms with van der Waals surface area (Å²) in [5, 5.41) is 3.18. The lowest BCUT2D eigenvalue weighted by molar-refractivity contribution is 0.331. The van der Waals surface area contributed by atoms with Gasteiger partial charge in [0, 0.05) is 6.54 Å². The second-order valence-electron chi connectivity index (χ2n) is 5.04. The van der Waals surface area contributed by atoms with E-state index < -0.39 is 0 Å². The Morgan fingerprint density at radius 1 is 1.26 bits per heavy atom. The van der Waals surface area contributed by atoms with Crippen LogP contribution in [0.15, 0.2) is 18.2 Å². The van der Waals surface area contributed by atoms with Gasteiger partial charge < -0.3 is 15.0 Å². The van der Waals surface area contributed by atoms with Crippen LogP contribution in [0.1, 0.15) is 24.5 Å². The van der Waals surface area contributed by atoms with Crippen LogP contribution in [-0.4, -0.2) is 45.2 Å². The van der Waals surface area contributed by atoms with Crippen LogP contribution in [0.3, 0.4) is 0 Å². The zero-order chi connectivity index (χ0) is 14.1. The number of nitrogens with zero attached hydrogens (tertiary/aromatic N) is 1. The molecule has 0 aliphatic heterocycles. The van der Waals surface area contributed by atoms with E-state index in [0.717, 1.165) is 38.4 Å². The Morgan fingerprint density at radius 3 is 2.68 bits per heavy atom. The standard InChI is InChI=1S/C16H28N2O/c1-5-19-16-8-7-15(13-14(16)2)9-12-18(4)11-6-10-17-3/h7-8,13,17H,5-6,9-12H2,1-4H3. The van der Waals surface area contributed by atoms with Crippen molar-refractivity contribution in [3.05, 3.63) is 29.3 Å². The van der Waals surface area contributed by atoms with Crippen LogP contribution >= 0.6 is 0 Å². The van der Waals surface area contributed by atoms with E-state index in [1.165, 1.54) is 17.5 Å². The predicted octanol–water partition coefficient (Wildman–Crippen LogP) is 2.48. The van der Waals surface area contributed by atoms with Gasteiger partial charge in [-0.15, -0.1) is 0 Å². The van der Waals surface area contributed by atoms with Gasteiger partial charge in [-0.2, -0.15) is 0 Å². The molecule has 19 heavy (non-hydrogen) atoms. The van der Waals surface area contributed by atoms with E-state index in [4.69, 9.17) is 4.74 Å². The van der Waals surface area contributed by atoms with Gasteiger partial charge in [0.05, 0.1) is 6.61 Å². The highest BCUT2D eigenvalue weighted by molar-refractivity contribution is 5.36. The predicted molar refractivity (Wildman–Crippen MR) is 82.1 cm³/mol. The molecule has 0 aliphatic carbocycles. The van der Waals surface area contributed by atoms with Gasteiger partial charge >= 0.3 is 0 Å². The van der Waals surface area contributed by atoms with Gasteiger partial charge in [0.1, 0.15) is 5.75 Å². The van der Waals surface area contributed by atoms with Crippen molar-refractivity contribution in [2.45, 2.75) is 26.7 Å². The van der Waals surface area contributed by atoms with Crippen molar-refractivity contribution in [3.63, 3.8) is 0 Å². The molecule has 3 nitrogen and oxygen atoms in total. The summed E-state index contributed by atoms with van der Waals surface area (Å²) in [5.74, 6) is 1.01. The molecule has 0 saturated carbocycles. The Kier molecular flexibility index (Phi) is 7.53. The quantitative estimate of drug-likeness (QED) is 0.694. The third-order valence-electron chi connectivity index (χ3n) is 3.29. The van der Waals surface area contributed by atoms with Crippen molar-refractivity contribution in [2.75, 3.05) is 40.3 Å². The molecule has 0 saturated heterocycles. The summed E-state index contributed by atoms with van der Waals surface area (Å²) in [6, 6.07) is 6.51. The lowest BCUT2D eigenvalue weighted by Gasteiger charge is -2.17. The van der Waals surface area contributed by atoms with Crippen molar-refractivity contribution in [3.8, 4) is 5.75 Å². The molecule has 0 unspecified atom stereocenters. The van der Waals surface area contributed by atoms with Crippen LogP contribution in [0.5, 0.6) is 5.75 Å². The Balaban J connectivity index is 2.38. The fourth-order valence-corrected chi connectivity index (χ4v) is 2.14. The first kappa shape index (κ1) is 16.0. The minimum absolute atomic E-state index is 0.731. The highest BCUT2D eigenvalue weighted by Crippen LogP contribution is 2.19. The largest absolute Gasteiger partial charge is 0.494 e. The fraction of sp³-hybridized carbons (Fsp3) is 0.625. The van der Waals surface area contributed by atoms with Gasteiger partial charge in [-0.25, -0.2) is 0 Å². The number of hydrogen-bond donors (Lipinski definition) is 1. The highest BCUT2D eigenvalue weighted by Gasteiger charge is 2.03. The van der Waals surface area contributed by atoms with Crippen molar-refractivity contribution >= 4 is 0 Å². The highest BCUT2D eigenvalue weighted by atomic mass is 16.5. The molecule has 108 valence electrons. The number of ether oxygens (including phenoxy) is 1. The summed E-state index contributed by atoms with van der Waals surface area (Å²) < 4.78 is 5.57. The molecule has 1 aromatic carbocycles. The van der Waals surface area contributed by atoms with Crippen LogP contribution in [0.25, 0.3) is 0 Å². The third kappa shape index (κ3) is 6.08. The maximum atomic E-state index is 5.57. The van der Waals surface area contributed by atoms with Crippen LogP contribution in [0, 0.1) is 6.92 Å². The number of nitrogens with one attached hydrogen (secondary N) is 1. The summed E-state index contributed by atoms with van der Waals surface area (Å²) in [7, 11) is 4.19. The van der Waals surface area contributed by atoms with E-state index in [9.17, 15) is 0 Å². The maximum absolute atomic E-state index is 5.57. The SMILES string of the molecule is CCOc1ccc(CCN(C)CCCNC)cc1C. The molecule has 0 bridgehead atoms. The Hall–Kier alpha value is -1.06. The van der Waals surface area contributed by atoms with Crippen molar-refractivity contribution in [1.29, 1.82) is 0 Å². The number of rotatable bonds is 9. The minimum Gasteiger partial charge on any atom is -0.494 e. The third-order valence-corrected chi connectivity index (χ3v) is 3.29. The molecular weight excluding hydrogens is 236 g/mol. The molecule has 0 atom stereocenters. The van der Waals surface area contributed by atoms with Gasteiger partial charge in [0.2, 0.25) is 0 Å². The summed E-state index contributed by atoms with van der Waals surface area (Å²) in [5.41, 5.74) is 2.62. The lowest BCUT2D eigenvalue weighted by atomic mass is 10.1. The molecule has 0 aliphatic rings. The first-order chi connectivity index (χ1) is 9.17. The molecule has 0 amide bonds. The maximum Gasteiger partial charge on any atom is 0.122 e. The van der Waals surface area contributed by atoms with E-state index >= 15 is 0 Å². The minimum atomic E-state index is 0.731. The van der Waals surface area contributed by atoms with E-state index in [1.807, 2.05) is 14.0 Å². The Labute approximate surface area is 118 Å². The Morgan fingerprint density at radius 2 is 2.05 bits per heavy atom. The lowest BCUT2D eigenvalue weighted by Crippen LogP contribution is -2.25. The van der Waals surface area contributed by atoms with E-state index in [2.05, 4.69) is 42.4 Å². The van der Waals surface area contributed by atoms with Crippen LogP contribution < -0.4 is 10.1 Å². The van der Waals surface area contributed by atoms with Gasteiger partial charge in [0.25, 0.3) is 0 Å². The number of hydrogen-bond acceptors (Lipinski definition) is 3. The summed E-state index contributed by atoms with van der Waals surface area (Å²) >= 11 is 0. The number of aryl methyl sites for hydroxylation is 1.